The molecule has 8 heteroatoms. The zero-order valence-corrected chi connectivity index (χ0v) is 26.1. The van der Waals surface area contributed by atoms with Gasteiger partial charge < -0.3 is 0 Å². The van der Waals surface area contributed by atoms with Crippen LogP contribution in [-0.2, 0) is 5.54 Å². The van der Waals surface area contributed by atoms with Gasteiger partial charge in [0.15, 0.2) is 0 Å². The summed E-state index contributed by atoms with van der Waals surface area (Å²) in [5.41, 5.74) is 4.49. The normalized spacial score (nSPS) is 11.6. The summed E-state index contributed by atoms with van der Waals surface area (Å²) in [6.07, 6.45) is 5.15. The van der Waals surface area contributed by atoms with Crippen LogP contribution in [0.2, 0.25) is 5.02 Å². The lowest BCUT2D eigenvalue weighted by molar-refractivity contribution is 0.460. The van der Waals surface area contributed by atoms with E-state index in [4.69, 9.17) is 16.7 Å². The zero-order chi connectivity index (χ0) is 32.7. The van der Waals surface area contributed by atoms with Crippen molar-refractivity contribution < 1.29 is 8.78 Å². The van der Waals surface area contributed by atoms with Crippen molar-refractivity contribution in [2.75, 3.05) is 0 Å². The Morgan fingerprint density at radius 2 is 1.23 bits per heavy atom. The third-order valence-electron chi connectivity index (χ3n) is 8.65. The van der Waals surface area contributed by atoms with Gasteiger partial charge in [0.25, 0.3) is 0 Å². The summed E-state index contributed by atoms with van der Waals surface area (Å²) in [7, 11) is 0. The smallest absolute Gasteiger partial charge is 0.138 e. The van der Waals surface area contributed by atoms with Crippen molar-refractivity contribution in [1.29, 1.82) is 0 Å². The summed E-state index contributed by atoms with van der Waals surface area (Å²) in [5, 5.41) is 5.65. The minimum absolute atomic E-state index is 0.174. The third kappa shape index (κ3) is 4.87. The molecule has 0 atom stereocenters. The molecular weight excluding hydrogens is 624 g/mol. The minimum atomic E-state index is -1.00. The molecule has 3 heterocycles. The molecule has 8 rings (SSSR count). The Bertz CT molecular complexity index is 2250. The molecule has 5 nitrogen and oxygen atoms in total. The van der Waals surface area contributed by atoms with Crippen molar-refractivity contribution in [1.82, 2.24) is 24.3 Å². The molecule has 0 saturated carbocycles. The van der Waals surface area contributed by atoms with Gasteiger partial charge in [-0.1, -0.05) is 115 Å². The number of rotatable bonds is 7. The molecule has 0 saturated heterocycles. The molecule has 48 heavy (non-hydrogen) atoms. The van der Waals surface area contributed by atoms with Crippen molar-refractivity contribution >= 4 is 22.6 Å². The fourth-order valence-electron chi connectivity index (χ4n) is 6.47. The molecule has 0 aliphatic carbocycles. The third-order valence-corrected chi connectivity index (χ3v) is 8.87. The first-order valence-electron chi connectivity index (χ1n) is 15.3. The second-order valence-electron chi connectivity index (χ2n) is 11.4. The molecule has 0 fully saturated rings. The van der Waals surface area contributed by atoms with E-state index in [0.29, 0.717) is 22.0 Å². The van der Waals surface area contributed by atoms with E-state index in [2.05, 4.69) is 46.4 Å². The van der Waals surface area contributed by atoms with E-state index in [1.54, 1.807) is 18.6 Å². The van der Waals surface area contributed by atoms with E-state index in [-0.39, 0.29) is 11.3 Å². The minimum Gasteiger partial charge on any atom is -0.283 e. The molecule has 8 aromatic rings. The van der Waals surface area contributed by atoms with Crippen LogP contribution in [0.3, 0.4) is 0 Å². The van der Waals surface area contributed by atoms with Gasteiger partial charge in [-0.25, -0.2) is 18.7 Å². The summed E-state index contributed by atoms with van der Waals surface area (Å²) in [6, 6.07) is 43.3. The van der Waals surface area contributed by atoms with Crippen molar-refractivity contribution in [3.8, 4) is 28.2 Å². The molecule has 3 aromatic heterocycles. The molecule has 0 radical (unpaired) electrons. The van der Waals surface area contributed by atoms with Gasteiger partial charge in [0, 0.05) is 18.0 Å². The Morgan fingerprint density at radius 1 is 0.625 bits per heavy atom. The van der Waals surface area contributed by atoms with Gasteiger partial charge in [-0.3, -0.25) is 9.25 Å². The van der Waals surface area contributed by atoms with E-state index >= 15 is 8.78 Å². The van der Waals surface area contributed by atoms with Crippen LogP contribution in [0.15, 0.2) is 158 Å². The van der Waals surface area contributed by atoms with Crippen LogP contribution in [0.25, 0.3) is 39.2 Å². The Balaban J connectivity index is 1.45. The van der Waals surface area contributed by atoms with E-state index in [1.165, 1.54) is 18.2 Å². The number of aromatic nitrogens is 5. The average molecular weight is 650 g/mol. The van der Waals surface area contributed by atoms with Gasteiger partial charge in [-0.05, 0) is 58.7 Å². The number of hydrogen-bond acceptors (Lipinski definition) is 3. The summed E-state index contributed by atoms with van der Waals surface area (Å²) in [5.74, 6) is -0.781. The van der Waals surface area contributed by atoms with Gasteiger partial charge in [0.2, 0.25) is 0 Å². The molecule has 0 spiro atoms. The standard InChI is InChI=1S/C40H26ClF2N5/c41-31-20-22-37(44-24-31)47-26-45-35-21-19-27(23-36(35)47)32-25-48(46-39(32)38-33(42)17-10-18-34(38)43)40(28-11-4-1-5-12-28,29-13-6-2-7-14-29)30-15-8-3-9-16-30/h1-26H. The Morgan fingerprint density at radius 3 is 1.79 bits per heavy atom. The fourth-order valence-corrected chi connectivity index (χ4v) is 6.58. The van der Waals surface area contributed by atoms with Gasteiger partial charge in [0.1, 0.15) is 35.0 Å². The van der Waals surface area contributed by atoms with Crippen LogP contribution in [0.5, 0.6) is 0 Å². The number of benzene rings is 5. The SMILES string of the molecule is Fc1cccc(F)c1-c1nn(C(c2ccccc2)(c2ccccc2)c2ccccc2)cc1-c1ccc2ncn(-c3ccc(Cl)cn3)c2c1. The Hall–Kier alpha value is -5.92. The highest BCUT2D eigenvalue weighted by atomic mass is 35.5. The molecule has 0 N–H and O–H groups in total. The lowest BCUT2D eigenvalue weighted by Crippen LogP contribution is -2.38. The maximum Gasteiger partial charge on any atom is 0.138 e. The molecule has 5 aromatic carbocycles. The van der Waals surface area contributed by atoms with Crippen molar-refractivity contribution in [2.24, 2.45) is 0 Å². The Kier molecular flexibility index (Phi) is 7.39. The topological polar surface area (TPSA) is 48.5 Å². The highest BCUT2D eigenvalue weighted by Crippen LogP contribution is 2.44. The molecular formula is C40H26ClF2N5. The number of fused-ring (bicyclic) bond motifs is 1. The van der Waals surface area contributed by atoms with Crippen LogP contribution < -0.4 is 0 Å². The number of hydrogen-bond donors (Lipinski definition) is 0. The van der Waals surface area contributed by atoms with E-state index < -0.39 is 17.2 Å². The number of imidazole rings is 1. The first-order valence-corrected chi connectivity index (χ1v) is 15.7. The molecule has 0 bridgehead atoms. The highest BCUT2D eigenvalue weighted by molar-refractivity contribution is 6.30. The van der Waals surface area contributed by atoms with Gasteiger partial charge >= 0.3 is 0 Å². The van der Waals surface area contributed by atoms with E-state index in [1.807, 2.05) is 94.3 Å². The largest absolute Gasteiger partial charge is 0.283 e. The second-order valence-corrected chi connectivity index (χ2v) is 11.8. The van der Waals surface area contributed by atoms with Crippen LogP contribution in [0.1, 0.15) is 16.7 Å². The van der Waals surface area contributed by atoms with Gasteiger partial charge in [-0.2, -0.15) is 5.10 Å². The fraction of sp³-hybridized carbons (Fsp3) is 0.0250. The average Bonchev–Trinajstić information content (AvgIpc) is 3.75. The molecule has 0 aliphatic rings. The lowest BCUT2D eigenvalue weighted by Gasteiger charge is -2.36. The number of nitrogens with zero attached hydrogens (tertiary/aromatic N) is 5. The van der Waals surface area contributed by atoms with Crippen LogP contribution in [0.4, 0.5) is 8.78 Å². The summed E-state index contributed by atoms with van der Waals surface area (Å²) >= 11 is 6.11. The predicted octanol–water partition coefficient (Wildman–Crippen LogP) is 9.72. The maximum atomic E-state index is 15.7. The van der Waals surface area contributed by atoms with Crippen LogP contribution in [-0.4, -0.2) is 24.3 Å². The van der Waals surface area contributed by atoms with E-state index in [9.17, 15) is 0 Å². The van der Waals surface area contributed by atoms with E-state index in [0.717, 1.165) is 27.7 Å². The predicted molar refractivity (Wildman–Crippen MR) is 185 cm³/mol. The number of pyridine rings is 1. The monoisotopic (exact) mass is 649 g/mol. The van der Waals surface area contributed by atoms with Crippen LogP contribution >= 0.6 is 11.6 Å². The summed E-state index contributed by atoms with van der Waals surface area (Å²) < 4.78 is 35.1. The van der Waals surface area contributed by atoms with Crippen LogP contribution in [0, 0.1) is 11.6 Å². The summed E-state index contributed by atoms with van der Waals surface area (Å²) in [4.78, 5) is 9.05. The lowest BCUT2D eigenvalue weighted by atomic mass is 9.77. The molecule has 0 unspecified atom stereocenters. The number of halogens is 3. The van der Waals surface area contributed by atoms with Gasteiger partial charge in [-0.15, -0.1) is 0 Å². The van der Waals surface area contributed by atoms with Gasteiger partial charge in [0.05, 0.1) is 21.6 Å². The first-order chi connectivity index (χ1) is 23.5. The quantitative estimate of drug-likeness (QED) is 0.162. The zero-order valence-electron chi connectivity index (χ0n) is 25.4. The first kappa shape index (κ1) is 29.5. The molecule has 232 valence electrons. The second kappa shape index (κ2) is 12.0. The Labute approximate surface area is 280 Å². The molecule has 0 aliphatic heterocycles. The highest BCUT2D eigenvalue weighted by Gasteiger charge is 2.40. The van der Waals surface area contributed by atoms with Crippen molar-refractivity contribution in [2.45, 2.75) is 5.54 Å². The van der Waals surface area contributed by atoms with Crippen molar-refractivity contribution in [3.05, 3.63) is 192 Å². The molecule has 0 amide bonds. The summed E-state index contributed by atoms with van der Waals surface area (Å²) in [6.45, 7) is 0. The maximum absolute atomic E-state index is 15.7. The van der Waals surface area contributed by atoms with Crippen molar-refractivity contribution in [3.63, 3.8) is 0 Å².